The van der Waals surface area contributed by atoms with Gasteiger partial charge in [0.15, 0.2) is 0 Å². The van der Waals surface area contributed by atoms with E-state index in [9.17, 15) is 9.59 Å². The lowest BCUT2D eigenvalue weighted by Gasteiger charge is -2.35. The van der Waals surface area contributed by atoms with Crippen molar-refractivity contribution in [3.8, 4) is 0 Å². The molecule has 114 valence electrons. The molecule has 1 heterocycles. The van der Waals surface area contributed by atoms with Crippen molar-refractivity contribution in [1.82, 2.24) is 4.90 Å². The van der Waals surface area contributed by atoms with Crippen LogP contribution in [0.3, 0.4) is 0 Å². The molecule has 4 heteroatoms. The first-order chi connectivity index (χ1) is 9.66. The summed E-state index contributed by atoms with van der Waals surface area (Å²) in [5, 5.41) is 8.77. The predicted molar refractivity (Wildman–Crippen MR) is 77.4 cm³/mol. The second-order valence-corrected chi connectivity index (χ2v) is 6.41. The third-order valence-corrected chi connectivity index (χ3v) is 4.80. The third kappa shape index (κ3) is 4.50. The number of hydrogen-bond donors (Lipinski definition) is 1. The van der Waals surface area contributed by atoms with Crippen LogP contribution in [0.25, 0.3) is 0 Å². The average Bonchev–Trinajstić information content (AvgIpc) is 2.73. The average molecular weight is 281 g/mol. The van der Waals surface area contributed by atoms with Gasteiger partial charge in [-0.2, -0.15) is 0 Å². The number of likely N-dealkylation sites (tertiary alicyclic amines) is 1. The van der Waals surface area contributed by atoms with Crippen LogP contribution in [0.15, 0.2) is 0 Å². The molecule has 1 N–H and O–H groups in total. The Kier molecular flexibility index (Phi) is 5.86. The summed E-state index contributed by atoms with van der Waals surface area (Å²) in [6.07, 6.45) is 10.1. The molecule has 1 aliphatic heterocycles. The summed E-state index contributed by atoms with van der Waals surface area (Å²) in [5.74, 6) is 0.231. The molecule has 0 bridgehead atoms. The van der Waals surface area contributed by atoms with Gasteiger partial charge in [-0.3, -0.25) is 9.59 Å². The fourth-order valence-electron chi connectivity index (χ4n) is 3.61. The van der Waals surface area contributed by atoms with Crippen LogP contribution in [0.2, 0.25) is 0 Å². The Morgan fingerprint density at radius 2 is 1.70 bits per heavy atom. The van der Waals surface area contributed by atoms with E-state index in [-0.39, 0.29) is 12.3 Å². The molecular formula is C16H27NO3. The SMILES string of the molecule is O=C(O)CCC1CCCN(C(=O)C2CCCCCC2)C1. The largest absolute Gasteiger partial charge is 0.481 e. The van der Waals surface area contributed by atoms with Crippen LogP contribution >= 0.6 is 0 Å². The fraction of sp³-hybridized carbons (Fsp3) is 0.875. The fourth-order valence-corrected chi connectivity index (χ4v) is 3.61. The molecule has 4 nitrogen and oxygen atoms in total. The molecule has 2 aliphatic rings. The molecule has 0 aromatic rings. The number of aliphatic carboxylic acids is 1. The molecule has 0 aromatic heterocycles. The second-order valence-electron chi connectivity index (χ2n) is 6.41. The zero-order valence-corrected chi connectivity index (χ0v) is 12.4. The van der Waals surface area contributed by atoms with Crippen LogP contribution in [0.5, 0.6) is 0 Å². The van der Waals surface area contributed by atoms with E-state index in [0.29, 0.717) is 18.2 Å². The second kappa shape index (κ2) is 7.65. The molecular weight excluding hydrogens is 254 g/mol. The molecule has 0 radical (unpaired) electrons. The molecule has 1 saturated carbocycles. The first kappa shape index (κ1) is 15.3. The number of hydrogen-bond acceptors (Lipinski definition) is 2. The summed E-state index contributed by atoms with van der Waals surface area (Å²) in [6, 6.07) is 0. The normalized spacial score (nSPS) is 25.2. The van der Waals surface area contributed by atoms with Crippen LogP contribution in [-0.4, -0.2) is 35.0 Å². The van der Waals surface area contributed by atoms with Gasteiger partial charge in [0, 0.05) is 25.4 Å². The Balaban J connectivity index is 1.83. The van der Waals surface area contributed by atoms with Gasteiger partial charge < -0.3 is 10.0 Å². The van der Waals surface area contributed by atoms with Gasteiger partial charge in [-0.1, -0.05) is 25.7 Å². The number of nitrogens with zero attached hydrogens (tertiary/aromatic N) is 1. The Morgan fingerprint density at radius 1 is 1.00 bits per heavy atom. The molecule has 1 aliphatic carbocycles. The van der Waals surface area contributed by atoms with Crippen molar-refractivity contribution >= 4 is 11.9 Å². The van der Waals surface area contributed by atoms with Crippen molar-refractivity contribution < 1.29 is 14.7 Å². The number of carboxylic acids is 1. The summed E-state index contributed by atoms with van der Waals surface area (Å²) in [7, 11) is 0. The van der Waals surface area contributed by atoms with Crippen LogP contribution in [0.4, 0.5) is 0 Å². The topological polar surface area (TPSA) is 57.6 Å². The smallest absolute Gasteiger partial charge is 0.303 e. The van der Waals surface area contributed by atoms with Crippen LogP contribution in [0.1, 0.15) is 64.2 Å². The first-order valence-corrected chi connectivity index (χ1v) is 8.17. The molecule has 1 atom stereocenters. The maximum absolute atomic E-state index is 12.6. The number of carboxylic acid groups (broad SMARTS) is 1. The Hall–Kier alpha value is -1.06. The van der Waals surface area contributed by atoms with Crippen molar-refractivity contribution in [3.05, 3.63) is 0 Å². The minimum Gasteiger partial charge on any atom is -0.481 e. The van der Waals surface area contributed by atoms with Crippen molar-refractivity contribution in [2.45, 2.75) is 64.2 Å². The highest BCUT2D eigenvalue weighted by Crippen LogP contribution is 2.28. The maximum Gasteiger partial charge on any atom is 0.303 e. The van der Waals surface area contributed by atoms with E-state index >= 15 is 0 Å². The van der Waals surface area contributed by atoms with Crippen LogP contribution in [0, 0.1) is 11.8 Å². The minimum atomic E-state index is -0.725. The lowest BCUT2D eigenvalue weighted by Crippen LogP contribution is -2.43. The van der Waals surface area contributed by atoms with Gasteiger partial charge in [-0.25, -0.2) is 0 Å². The van der Waals surface area contributed by atoms with Crippen molar-refractivity contribution in [2.24, 2.45) is 11.8 Å². The van der Waals surface area contributed by atoms with Crippen molar-refractivity contribution in [2.75, 3.05) is 13.1 Å². The van der Waals surface area contributed by atoms with Gasteiger partial charge in [0.1, 0.15) is 0 Å². The lowest BCUT2D eigenvalue weighted by molar-refractivity contribution is -0.138. The Bertz CT molecular complexity index is 335. The maximum atomic E-state index is 12.6. The molecule has 1 saturated heterocycles. The summed E-state index contributed by atoms with van der Waals surface area (Å²) in [4.78, 5) is 25.3. The highest BCUT2D eigenvalue weighted by atomic mass is 16.4. The van der Waals surface area contributed by atoms with Gasteiger partial charge in [0.25, 0.3) is 0 Å². The number of amides is 1. The molecule has 2 rings (SSSR count). The van der Waals surface area contributed by atoms with Crippen molar-refractivity contribution in [3.63, 3.8) is 0 Å². The number of piperidine rings is 1. The number of carbonyl (C=O) groups excluding carboxylic acids is 1. The van der Waals surface area contributed by atoms with E-state index in [2.05, 4.69) is 0 Å². The standard InChI is InChI=1S/C16H27NO3/c18-15(19)10-9-13-6-5-11-17(12-13)16(20)14-7-3-1-2-4-8-14/h13-14H,1-12H2,(H,18,19). The Morgan fingerprint density at radius 3 is 2.35 bits per heavy atom. The molecule has 20 heavy (non-hydrogen) atoms. The molecule has 0 spiro atoms. The zero-order valence-electron chi connectivity index (χ0n) is 12.4. The summed E-state index contributed by atoms with van der Waals surface area (Å²) < 4.78 is 0. The van der Waals surface area contributed by atoms with Gasteiger partial charge in [0.05, 0.1) is 0 Å². The lowest BCUT2D eigenvalue weighted by atomic mass is 9.91. The van der Waals surface area contributed by atoms with E-state index in [4.69, 9.17) is 5.11 Å². The zero-order chi connectivity index (χ0) is 14.4. The third-order valence-electron chi connectivity index (χ3n) is 4.80. The highest BCUT2D eigenvalue weighted by Gasteiger charge is 2.29. The molecule has 1 amide bonds. The van der Waals surface area contributed by atoms with Crippen molar-refractivity contribution in [1.29, 1.82) is 0 Å². The highest BCUT2D eigenvalue weighted by molar-refractivity contribution is 5.79. The molecule has 1 unspecified atom stereocenters. The quantitative estimate of drug-likeness (QED) is 0.806. The molecule has 2 fully saturated rings. The summed E-state index contributed by atoms with van der Waals surface area (Å²) in [5.41, 5.74) is 0. The number of carbonyl (C=O) groups is 2. The van der Waals surface area contributed by atoms with E-state index in [0.717, 1.165) is 38.8 Å². The van der Waals surface area contributed by atoms with E-state index < -0.39 is 5.97 Å². The monoisotopic (exact) mass is 281 g/mol. The van der Waals surface area contributed by atoms with Crippen LogP contribution < -0.4 is 0 Å². The minimum absolute atomic E-state index is 0.232. The van der Waals surface area contributed by atoms with Gasteiger partial charge in [-0.05, 0) is 38.0 Å². The van der Waals surface area contributed by atoms with E-state index in [1.54, 1.807) is 0 Å². The predicted octanol–water partition coefficient (Wildman–Crippen LogP) is 3.06. The molecule has 0 aromatic carbocycles. The Labute approximate surface area is 121 Å². The number of rotatable bonds is 4. The van der Waals surface area contributed by atoms with Gasteiger partial charge >= 0.3 is 5.97 Å². The van der Waals surface area contributed by atoms with E-state index in [1.165, 1.54) is 25.7 Å². The van der Waals surface area contributed by atoms with E-state index in [1.807, 2.05) is 4.90 Å². The first-order valence-electron chi connectivity index (χ1n) is 8.17. The summed E-state index contributed by atoms with van der Waals surface area (Å²) in [6.45, 7) is 1.65. The summed E-state index contributed by atoms with van der Waals surface area (Å²) >= 11 is 0. The van der Waals surface area contributed by atoms with Crippen LogP contribution in [-0.2, 0) is 9.59 Å². The van der Waals surface area contributed by atoms with Gasteiger partial charge in [0.2, 0.25) is 5.91 Å². The van der Waals surface area contributed by atoms with Gasteiger partial charge in [-0.15, -0.1) is 0 Å².